The van der Waals surface area contributed by atoms with Gasteiger partial charge in [0.15, 0.2) is 0 Å². The fourth-order valence-electron chi connectivity index (χ4n) is 2.99. The third kappa shape index (κ3) is 3.22. The molecule has 2 rings (SSSR count). The van der Waals surface area contributed by atoms with E-state index in [1.807, 2.05) is 13.1 Å². The van der Waals surface area contributed by atoms with Crippen LogP contribution in [0.15, 0.2) is 18.2 Å². The quantitative estimate of drug-likeness (QED) is 0.915. The predicted octanol–water partition coefficient (Wildman–Crippen LogP) is 2.45. The summed E-state index contributed by atoms with van der Waals surface area (Å²) in [6, 6.07) is 6.81. The first-order valence-corrected chi connectivity index (χ1v) is 7.25. The van der Waals surface area contributed by atoms with Gasteiger partial charge in [0.25, 0.3) is 0 Å². The first-order valence-electron chi connectivity index (χ1n) is 6.87. The lowest BCUT2D eigenvalue weighted by Gasteiger charge is -2.24. The Morgan fingerprint density at radius 3 is 2.68 bits per heavy atom. The first kappa shape index (κ1) is 14.6. The summed E-state index contributed by atoms with van der Waals surface area (Å²) in [4.78, 5) is 4.79. The van der Waals surface area contributed by atoms with E-state index in [-0.39, 0.29) is 0 Å². The van der Waals surface area contributed by atoms with Crippen LogP contribution in [0.5, 0.6) is 0 Å². The van der Waals surface area contributed by atoms with Gasteiger partial charge in [0.2, 0.25) is 0 Å². The lowest BCUT2D eigenvalue weighted by Crippen LogP contribution is -2.34. The van der Waals surface area contributed by atoms with Crippen LogP contribution < -0.4 is 10.2 Å². The van der Waals surface area contributed by atoms with Crippen molar-refractivity contribution in [1.29, 1.82) is 0 Å². The highest BCUT2D eigenvalue weighted by atomic mass is 35.5. The van der Waals surface area contributed by atoms with Crippen molar-refractivity contribution in [2.75, 3.05) is 39.1 Å². The van der Waals surface area contributed by atoms with E-state index in [4.69, 9.17) is 11.6 Å². The van der Waals surface area contributed by atoms with Crippen LogP contribution in [0.4, 0.5) is 5.69 Å². The molecule has 2 atom stereocenters. The average molecular weight is 282 g/mol. The second-order valence-electron chi connectivity index (χ2n) is 5.72. The molecule has 106 valence electrons. The van der Waals surface area contributed by atoms with Gasteiger partial charge in [-0.15, -0.1) is 0 Å². The molecule has 1 heterocycles. The Balaban J connectivity index is 2.24. The zero-order valence-electron chi connectivity index (χ0n) is 12.3. The molecule has 1 aliphatic rings. The van der Waals surface area contributed by atoms with Gasteiger partial charge in [0, 0.05) is 36.4 Å². The van der Waals surface area contributed by atoms with Gasteiger partial charge < -0.3 is 15.1 Å². The molecular weight excluding hydrogens is 258 g/mol. The normalized spacial score (nSPS) is 23.4. The molecular formula is C15H24ClN3. The molecule has 0 bridgehead atoms. The maximum atomic E-state index is 6.17. The molecule has 1 aromatic carbocycles. The summed E-state index contributed by atoms with van der Waals surface area (Å²) in [6.45, 7) is 5.38. The molecule has 0 saturated carbocycles. The van der Waals surface area contributed by atoms with Crippen molar-refractivity contribution in [3.05, 3.63) is 28.8 Å². The highest BCUT2D eigenvalue weighted by molar-refractivity contribution is 6.30. The van der Waals surface area contributed by atoms with E-state index in [1.165, 1.54) is 11.3 Å². The Morgan fingerprint density at radius 1 is 1.37 bits per heavy atom. The Hall–Kier alpha value is -0.770. The van der Waals surface area contributed by atoms with Crippen molar-refractivity contribution in [2.45, 2.75) is 19.5 Å². The van der Waals surface area contributed by atoms with Crippen molar-refractivity contribution in [3.8, 4) is 0 Å². The van der Waals surface area contributed by atoms with Gasteiger partial charge in [-0.25, -0.2) is 0 Å². The predicted molar refractivity (Wildman–Crippen MR) is 83.1 cm³/mol. The maximum absolute atomic E-state index is 6.17. The van der Waals surface area contributed by atoms with Crippen LogP contribution >= 0.6 is 11.6 Å². The smallest absolute Gasteiger partial charge is 0.0427 e. The van der Waals surface area contributed by atoms with Gasteiger partial charge >= 0.3 is 0 Å². The SMILES string of the molecule is CNCc1ccc(Cl)cc1N1CC(C)C(N(C)C)C1. The molecule has 1 N–H and O–H groups in total. The number of benzene rings is 1. The van der Waals surface area contributed by atoms with Gasteiger partial charge in [-0.2, -0.15) is 0 Å². The molecule has 0 amide bonds. The summed E-state index contributed by atoms with van der Waals surface area (Å²) in [5.41, 5.74) is 2.59. The minimum absolute atomic E-state index is 0.612. The number of hydrogen-bond acceptors (Lipinski definition) is 3. The summed E-state index contributed by atoms with van der Waals surface area (Å²) in [7, 11) is 6.31. The Labute approximate surface area is 121 Å². The van der Waals surface area contributed by atoms with Gasteiger partial charge in [0.05, 0.1) is 0 Å². The minimum atomic E-state index is 0.612. The lowest BCUT2D eigenvalue weighted by atomic mass is 10.1. The molecule has 2 unspecified atom stereocenters. The zero-order valence-corrected chi connectivity index (χ0v) is 13.0. The minimum Gasteiger partial charge on any atom is -0.369 e. The third-order valence-corrected chi connectivity index (χ3v) is 4.23. The van der Waals surface area contributed by atoms with Gasteiger partial charge in [-0.3, -0.25) is 0 Å². The van der Waals surface area contributed by atoms with E-state index in [9.17, 15) is 0 Å². The molecule has 1 fully saturated rings. The molecule has 0 spiro atoms. The summed E-state index contributed by atoms with van der Waals surface area (Å²) < 4.78 is 0. The van der Waals surface area contributed by atoms with Crippen molar-refractivity contribution in [2.24, 2.45) is 5.92 Å². The standard InChI is InChI=1S/C15H24ClN3/c1-11-9-19(10-15(11)18(3)4)14-7-13(16)6-5-12(14)8-17-2/h5-7,11,15,17H,8-10H2,1-4H3. The molecule has 0 aromatic heterocycles. The highest BCUT2D eigenvalue weighted by Crippen LogP contribution is 2.31. The zero-order chi connectivity index (χ0) is 14.0. The number of hydrogen-bond donors (Lipinski definition) is 1. The van der Waals surface area contributed by atoms with Crippen molar-refractivity contribution >= 4 is 17.3 Å². The van der Waals surface area contributed by atoms with E-state index < -0.39 is 0 Å². The van der Waals surface area contributed by atoms with Crippen LogP contribution in [0.3, 0.4) is 0 Å². The van der Waals surface area contributed by atoms with Crippen molar-refractivity contribution in [3.63, 3.8) is 0 Å². The monoisotopic (exact) mass is 281 g/mol. The number of likely N-dealkylation sites (N-methyl/N-ethyl adjacent to an activating group) is 1. The van der Waals surface area contributed by atoms with Gasteiger partial charge in [-0.05, 0) is 44.8 Å². The Kier molecular flexibility index (Phi) is 4.71. The van der Waals surface area contributed by atoms with E-state index >= 15 is 0 Å². The van der Waals surface area contributed by atoms with Crippen LogP contribution in [-0.4, -0.2) is 45.2 Å². The maximum Gasteiger partial charge on any atom is 0.0427 e. The molecule has 1 aliphatic heterocycles. The average Bonchev–Trinajstić information content (AvgIpc) is 2.74. The highest BCUT2D eigenvalue weighted by Gasteiger charge is 2.31. The first-order chi connectivity index (χ1) is 9.02. The van der Waals surface area contributed by atoms with Gasteiger partial charge in [-0.1, -0.05) is 24.6 Å². The Bertz CT molecular complexity index is 433. The summed E-state index contributed by atoms with van der Waals surface area (Å²) >= 11 is 6.17. The van der Waals surface area contributed by atoms with Gasteiger partial charge in [0.1, 0.15) is 0 Å². The molecule has 1 aromatic rings. The topological polar surface area (TPSA) is 18.5 Å². The number of rotatable bonds is 4. The number of halogens is 1. The van der Waals surface area contributed by atoms with Crippen LogP contribution in [0.1, 0.15) is 12.5 Å². The Morgan fingerprint density at radius 2 is 2.11 bits per heavy atom. The van der Waals surface area contributed by atoms with E-state index in [0.29, 0.717) is 12.0 Å². The molecule has 3 nitrogen and oxygen atoms in total. The fourth-order valence-corrected chi connectivity index (χ4v) is 3.16. The number of nitrogens with one attached hydrogen (secondary N) is 1. The lowest BCUT2D eigenvalue weighted by molar-refractivity contribution is 0.266. The fraction of sp³-hybridized carbons (Fsp3) is 0.600. The molecule has 1 saturated heterocycles. The number of nitrogens with zero attached hydrogens (tertiary/aromatic N) is 2. The summed E-state index contributed by atoms with van der Waals surface area (Å²) in [6.07, 6.45) is 0. The van der Waals surface area contributed by atoms with E-state index in [1.54, 1.807) is 0 Å². The molecule has 4 heteroatoms. The molecule has 0 aliphatic carbocycles. The third-order valence-electron chi connectivity index (χ3n) is 3.99. The van der Waals surface area contributed by atoms with Crippen LogP contribution in [0.25, 0.3) is 0 Å². The second-order valence-corrected chi connectivity index (χ2v) is 6.15. The van der Waals surface area contributed by atoms with Crippen LogP contribution in [0.2, 0.25) is 5.02 Å². The van der Waals surface area contributed by atoms with E-state index in [0.717, 1.165) is 24.7 Å². The second kappa shape index (κ2) is 6.12. The number of anilines is 1. The van der Waals surface area contributed by atoms with E-state index in [2.05, 4.69) is 48.3 Å². The van der Waals surface area contributed by atoms with Crippen molar-refractivity contribution in [1.82, 2.24) is 10.2 Å². The molecule has 0 radical (unpaired) electrons. The van der Waals surface area contributed by atoms with Crippen molar-refractivity contribution < 1.29 is 0 Å². The molecule has 19 heavy (non-hydrogen) atoms. The van der Waals surface area contributed by atoms with Crippen LogP contribution in [-0.2, 0) is 6.54 Å². The summed E-state index contributed by atoms with van der Waals surface area (Å²) in [5.74, 6) is 0.677. The summed E-state index contributed by atoms with van der Waals surface area (Å²) in [5, 5.41) is 4.05. The van der Waals surface area contributed by atoms with Crippen LogP contribution in [0, 0.1) is 5.92 Å². The largest absolute Gasteiger partial charge is 0.369 e.